The average Bonchev–Trinajstić information content (AvgIpc) is 2.86. The van der Waals surface area contributed by atoms with Gasteiger partial charge in [-0.25, -0.2) is 5.43 Å². The molecule has 0 aliphatic rings. The molecule has 2 N–H and O–H groups in total. The Morgan fingerprint density at radius 3 is 2.43 bits per heavy atom. The van der Waals surface area contributed by atoms with Crippen molar-refractivity contribution in [1.29, 1.82) is 0 Å². The van der Waals surface area contributed by atoms with Crippen molar-refractivity contribution in [3.8, 4) is 11.5 Å². The fourth-order valence-electron chi connectivity index (χ4n) is 3.58. The smallest absolute Gasteiger partial charge is 0.506 e. The Balaban J connectivity index is 1.40. The summed E-state index contributed by atoms with van der Waals surface area (Å²) in [6.45, 7) is 0.480. The van der Waals surface area contributed by atoms with Crippen LogP contribution >= 0.6 is 11.6 Å². The predicted octanol–water partition coefficient (Wildman–Crippen LogP) is 6.58. The normalized spacial score (nSPS) is 11.7. The van der Waals surface area contributed by atoms with Gasteiger partial charge in [0.1, 0.15) is 11.5 Å². The molecule has 4 rings (SSSR count). The number of hydrogen-bond donors (Lipinski definition) is 2. The number of hydrogen-bond acceptors (Lipinski definition) is 5. The summed E-state index contributed by atoms with van der Waals surface area (Å²) < 4.78 is 46.6. The van der Waals surface area contributed by atoms with Crippen molar-refractivity contribution in [1.82, 2.24) is 5.43 Å². The van der Waals surface area contributed by atoms with Gasteiger partial charge < -0.3 is 14.6 Å². The highest BCUT2D eigenvalue weighted by Crippen LogP contribution is 2.25. The van der Waals surface area contributed by atoms with Crippen LogP contribution in [0.3, 0.4) is 0 Å². The van der Waals surface area contributed by atoms with E-state index in [2.05, 4.69) is 15.3 Å². The molecule has 0 radical (unpaired) electrons. The van der Waals surface area contributed by atoms with Crippen LogP contribution < -0.4 is 10.2 Å². The van der Waals surface area contributed by atoms with Crippen LogP contribution in [0, 0.1) is 0 Å². The zero-order chi connectivity index (χ0) is 26.4. The number of amides is 1. The molecule has 4 aromatic rings. The monoisotopic (exact) mass is 528 g/mol. The van der Waals surface area contributed by atoms with Gasteiger partial charge in [-0.1, -0.05) is 60.1 Å². The number of fused-ring (bicyclic) bond motifs is 1. The second-order valence-electron chi connectivity index (χ2n) is 7.91. The number of carbonyl (C=O) groups is 1. The Kier molecular flexibility index (Phi) is 7.95. The number of phenolic OH excluding ortho intramolecular Hbond substituents is 1. The van der Waals surface area contributed by atoms with E-state index >= 15 is 0 Å². The number of benzene rings is 4. The summed E-state index contributed by atoms with van der Waals surface area (Å²) in [6.07, 6.45) is -3.21. The van der Waals surface area contributed by atoms with Crippen molar-refractivity contribution in [2.45, 2.75) is 19.6 Å². The molecular formula is C27H20ClF3N2O4. The van der Waals surface area contributed by atoms with Gasteiger partial charge in [0, 0.05) is 11.1 Å². The molecule has 0 aromatic heterocycles. The first-order chi connectivity index (χ1) is 17.7. The van der Waals surface area contributed by atoms with E-state index in [1.165, 1.54) is 48.7 Å². The number of rotatable bonds is 8. The molecule has 0 aliphatic carbocycles. The van der Waals surface area contributed by atoms with Gasteiger partial charge in [-0.15, -0.1) is 13.2 Å². The van der Waals surface area contributed by atoms with Gasteiger partial charge in [-0.05, 0) is 52.2 Å². The van der Waals surface area contributed by atoms with Gasteiger partial charge in [0.2, 0.25) is 0 Å². The molecule has 190 valence electrons. The largest absolute Gasteiger partial charge is 0.573 e. The van der Waals surface area contributed by atoms with Crippen molar-refractivity contribution >= 4 is 34.5 Å². The molecule has 0 saturated heterocycles. The fourth-order valence-corrected chi connectivity index (χ4v) is 3.76. The lowest BCUT2D eigenvalue weighted by molar-refractivity contribution is -0.274. The molecule has 4 aromatic carbocycles. The van der Waals surface area contributed by atoms with Crippen molar-refractivity contribution in [3.05, 3.63) is 106 Å². The topological polar surface area (TPSA) is 80.2 Å². The molecule has 0 bridgehead atoms. The number of halogens is 4. The minimum Gasteiger partial charge on any atom is -0.506 e. The fraction of sp³-hybridized carbons (Fsp3) is 0.111. The van der Waals surface area contributed by atoms with Crippen LogP contribution in [-0.4, -0.2) is 23.6 Å². The van der Waals surface area contributed by atoms with Crippen LogP contribution in [-0.2, 0) is 18.0 Å². The maximum absolute atomic E-state index is 12.3. The minimum absolute atomic E-state index is 0.0629. The van der Waals surface area contributed by atoms with Crippen LogP contribution in [0.4, 0.5) is 13.2 Å². The summed E-state index contributed by atoms with van der Waals surface area (Å²) in [7, 11) is 0. The average molecular weight is 529 g/mol. The molecule has 0 saturated carbocycles. The Morgan fingerprint density at radius 1 is 0.973 bits per heavy atom. The first-order valence-electron chi connectivity index (χ1n) is 10.9. The lowest BCUT2D eigenvalue weighted by Gasteiger charge is -2.11. The van der Waals surface area contributed by atoms with E-state index in [0.29, 0.717) is 5.56 Å². The van der Waals surface area contributed by atoms with Crippen LogP contribution in [0.2, 0.25) is 5.02 Å². The van der Waals surface area contributed by atoms with E-state index in [0.717, 1.165) is 21.9 Å². The highest BCUT2D eigenvalue weighted by Gasteiger charge is 2.30. The van der Waals surface area contributed by atoms with E-state index in [4.69, 9.17) is 16.3 Å². The third kappa shape index (κ3) is 6.99. The van der Waals surface area contributed by atoms with Crippen LogP contribution in [0.15, 0.2) is 84.0 Å². The number of hydrazone groups is 1. The molecule has 0 fully saturated rings. The van der Waals surface area contributed by atoms with Crippen molar-refractivity contribution in [2.24, 2.45) is 5.10 Å². The van der Waals surface area contributed by atoms with E-state index in [-0.39, 0.29) is 35.3 Å². The lowest BCUT2D eigenvalue weighted by Crippen LogP contribution is -2.17. The van der Waals surface area contributed by atoms with Crippen LogP contribution in [0.5, 0.6) is 11.5 Å². The standard InChI is InChI=1S/C27H20ClF3N2O4/c28-24-13-18(9-12-25(24)34)26(35)33-32-14-19-3-1-6-23-20(4-2-5-22(19)23)16-36-15-17-7-10-21(11-8-17)37-27(29,30)31/h1-14,34H,15-16H2,(H,33,35). The van der Waals surface area contributed by atoms with Crippen molar-refractivity contribution in [2.75, 3.05) is 0 Å². The number of phenols is 1. The Bertz CT molecular complexity index is 1440. The van der Waals surface area contributed by atoms with E-state index in [1.54, 1.807) is 0 Å². The van der Waals surface area contributed by atoms with Gasteiger partial charge in [0.15, 0.2) is 0 Å². The van der Waals surface area contributed by atoms with Gasteiger partial charge in [-0.2, -0.15) is 5.10 Å². The number of carbonyl (C=O) groups excluding carboxylic acids is 1. The Morgan fingerprint density at radius 2 is 1.70 bits per heavy atom. The molecule has 1 amide bonds. The maximum Gasteiger partial charge on any atom is 0.573 e. The molecule has 10 heteroatoms. The second kappa shape index (κ2) is 11.3. The molecular weight excluding hydrogens is 509 g/mol. The van der Waals surface area contributed by atoms with Gasteiger partial charge in [0.25, 0.3) is 5.91 Å². The number of ether oxygens (including phenoxy) is 2. The first-order valence-corrected chi connectivity index (χ1v) is 11.3. The second-order valence-corrected chi connectivity index (χ2v) is 8.32. The SMILES string of the molecule is O=C(NN=Cc1cccc2c(COCc3ccc(OC(F)(F)F)cc3)cccc12)c1ccc(O)c(Cl)c1. The van der Waals surface area contributed by atoms with E-state index in [1.807, 2.05) is 36.4 Å². The number of nitrogens with one attached hydrogen (secondary N) is 1. The number of nitrogens with zero attached hydrogens (tertiary/aromatic N) is 1. The molecule has 6 nitrogen and oxygen atoms in total. The van der Waals surface area contributed by atoms with Gasteiger partial charge in [0.05, 0.1) is 24.5 Å². The summed E-state index contributed by atoms with van der Waals surface area (Å²) in [4.78, 5) is 12.3. The molecule has 0 heterocycles. The summed E-state index contributed by atoms with van der Waals surface area (Å²) in [5.74, 6) is -0.890. The van der Waals surface area contributed by atoms with Gasteiger partial charge >= 0.3 is 6.36 Å². The number of aromatic hydroxyl groups is 1. The third-order valence-corrected chi connectivity index (χ3v) is 5.61. The zero-order valence-corrected chi connectivity index (χ0v) is 19.9. The number of alkyl halides is 3. The highest BCUT2D eigenvalue weighted by atomic mass is 35.5. The van der Waals surface area contributed by atoms with Crippen LogP contribution in [0.1, 0.15) is 27.0 Å². The maximum atomic E-state index is 12.3. The lowest BCUT2D eigenvalue weighted by atomic mass is 10.0. The Hall–Kier alpha value is -4.08. The molecule has 0 unspecified atom stereocenters. The first kappa shape index (κ1) is 26.0. The highest BCUT2D eigenvalue weighted by molar-refractivity contribution is 6.32. The van der Waals surface area contributed by atoms with Crippen molar-refractivity contribution in [3.63, 3.8) is 0 Å². The summed E-state index contributed by atoms with van der Waals surface area (Å²) in [5.41, 5.74) is 5.07. The molecule has 0 spiro atoms. The summed E-state index contributed by atoms with van der Waals surface area (Å²) >= 11 is 5.85. The van der Waals surface area contributed by atoms with Crippen molar-refractivity contribution < 1.29 is 32.5 Å². The summed E-state index contributed by atoms with van der Waals surface area (Å²) in [5, 5.41) is 15.4. The van der Waals surface area contributed by atoms with Crippen LogP contribution in [0.25, 0.3) is 10.8 Å². The molecule has 37 heavy (non-hydrogen) atoms. The zero-order valence-electron chi connectivity index (χ0n) is 19.1. The molecule has 0 atom stereocenters. The minimum atomic E-state index is -4.73. The Labute approximate surface area is 214 Å². The van der Waals surface area contributed by atoms with E-state index in [9.17, 15) is 23.1 Å². The third-order valence-electron chi connectivity index (χ3n) is 5.31. The summed E-state index contributed by atoms with van der Waals surface area (Å²) in [6, 6.07) is 21.0. The van der Waals surface area contributed by atoms with E-state index < -0.39 is 12.3 Å². The predicted molar refractivity (Wildman–Crippen MR) is 134 cm³/mol. The van der Waals surface area contributed by atoms with Gasteiger partial charge in [-0.3, -0.25) is 4.79 Å². The molecule has 0 aliphatic heterocycles. The quantitative estimate of drug-likeness (QED) is 0.200.